The van der Waals surface area contributed by atoms with Gasteiger partial charge in [-0.1, -0.05) is 32.9 Å². The summed E-state index contributed by atoms with van der Waals surface area (Å²) in [6.45, 7) is 5.83. The van der Waals surface area contributed by atoms with Crippen LogP contribution in [0, 0.1) is 5.82 Å². The lowest BCUT2D eigenvalue weighted by Gasteiger charge is -2.14. The van der Waals surface area contributed by atoms with E-state index in [4.69, 9.17) is 4.74 Å². The first-order valence-electron chi connectivity index (χ1n) is 6.59. The van der Waals surface area contributed by atoms with E-state index in [1.54, 1.807) is 18.2 Å². The molecule has 1 aromatic heterocycles. The first-order chi connectivity index (χ1) is 9.86. The van der Waals surface area contributed by atoms with Crippen LogP contribution in [0.2, 0.25) is 0 Å². The lowest BCUT2D eigenvalue weighted by Crippen LogP contribution is -2.20. The zero-order chi connectivity index (χ0) is 15.5. The molecule has 2 N–H and O–H groups in total. The first kappa shape index (κ1) is 15.0. The number of carbonyl (C=O) groups is 1. The smallest absolute Gasteiger partial charge is 0.263 e. The van der Waals surface area contributed by atoms with E-state index in [9.17, 15) is 9.18 Å². The average Bonchev–Trinajstić information content (AvgIpc) is 2.86. The van der Waals surface area contributed by atoms with Crippen LogP contribution in [0.1, 0.15) is 26.5 Å². The van der Waals surface area contributed by atoms with Crippen molar-refractivity contribution in [2.45, 2.75) is 26.2 Å². The van der Waals surface area contributed by atoms with Crippen LogP contribution >= 0.6 is 0 Å². The van der Waals surface area contributed by atoms with E-state index in [2.05, 4.69) is 15.5 Å². The van der Waals surface area contributed by atoms with Crippen molar-refractivity contribution in [3.8, 4) is 5.75 Å². The number of nitrogens with zero attached hydrogens (tertiary/aromatic N) is 1. The summed E-state index contributed by atoms with van der Waals surface area (Å²) in [5, 5.41) is 9.47. The Kier molecular flexibility index (Phi) is 4.26. The Balaban J connectivity index is 1.90. The highest BCUT2D eigenvalue weighted by Gasteiger charge is 2.17. The van der Waals surface area contributed by atoms with Crippen LogP contribution in [0.3, 0.4) is 0 Å². The number of carbonyl (C=O) groups excluding carboxylic acids is 1. The molecule has 5 nitrogen and oxygen atoms in total. The first-order valence-corrected chi connectivity index (χ1v) is 6.59. The van der Waals surface area contributed by atoms with Crippen molar-refractivity contribution in [3.05, 3.63) is 41.8 Å². The van der Waals surface area contributed by atoms with Crippen molar-refractivity contribution < 1.29 is 13.9 Å². The van der Waals surface area contributed by atoms with Crippen molar-refractivity contribution in [1.82, 2.24) is 10.2 Å². The molecule has 0 aliphatic heterocycles. The van der Waals surface area contributed by atoms with Crippen LogP contribution in [0.4, 0.5) is 10.2 Å². The molecular weight excluding hydrogens is 273 g/mol. The topological polar surface area (TPSA) is 67.0 Å². The lowest BCUT2D eigenvalue weighted by atomic mass is 9.92. The van der Waals surface area contributed by atoms with Crippen molar-refractivity contribution in [2.24, 2.45) is 0 Å². The van der Waals surface area contributed by atoms with Gasteiger partial charge >= 0.3 is 0 Å². The maximum atomic E-state index is 13.3. The molecule has 21 heavy (non-hydrogen) atoms. The third-order valence-corrected chi connectivity index (χ3v) is 2.85. The second-order valence-corrected chi connectivity index (χ2v) is 5.68. The molecule has 1 amide bonds. The van der Waals surface area contributed by atoms with Gasteiger partial charge in [-0.2, -0.15) is 5.10 Å². The van der Waals surface area contributed by atoms with Gasteiger partial charge in [0.2, 0.25) is 0 Å². The highest BCUT2D eigenvalue weighted by molar-refractivity contribution is 5.91. The zero-order valence-corrected chi connectivity index (χ0v) is 12.2. The van der Waals surface area contributed by atoms with E-state index in [-0.39, 0.29) is 17.8 Å². The van der Waals surface area contributed by atoms with Gasteiger partial charge in [0.25, 0.3) is 5.91 Å². The third-order valence-electron chi connectivity index (χ3n) is 2.85. The number of hydrogen-bond acceptors (Lipinski definition) is 3. The van der Waals surface area contributed by atoms with Crippen molar-refractivity contribution in [3.63, 3.8) is 0 Å². The normalized spacial score (nSPS) is 11.2. The van der Waals surface area contributed by atoms with Gasteiger partial charge in [0.1, 0.15) is 0 Å². The van der Waals surface area contributed by atoms with Gasteiger partial charge in [0, 0.05) is 17.2 Å². The third kappa shape index (κ3) is 4.05. The molecule has 1 aromatic carbocycles. The van der Waals surface area contributed by atoms with E-state index in [0.717, 1.165) is 5.69 Å². The quantitative estimate of drug-likeness (QED) is 0.910. The molecule has 0 bridgehead atoms. The molecule has 0 fully saturated rings. The van der Waals surface area contributed by atoms with E-state index in [1.165, 1.54) is 12.1 Å². The minimum absolute atomic E-state index is 0.0464. The van der Waals surface area contributed by atoms with E-state index < -0.39 is 11.7 Å². The van der Waals surface area contributed by atoms with Gasteiger partial charge in [-0.25, -0.2) is 4.39 Å². The largest absolute Gasteiger partial charge is 0.481 e. The summed E-state index contributed by atoms with van der Waals surface area (Å²) in [4.78, 5) is 11.7. The molecule has 112 valence electrons. The Morgan fingerprint density at radius 1 is 1.38 bits per heavy atom. The van der Waals surface area contributed by atoms with Crippen LogP contribution in [0.25, 0.3) is 0 Å². The number of anilines is 1. The molecule has 2 aromatic rings. The van der Waals surface area contributed by atoms with Gasteiger partial charge in [-0.05, 0) is 12.1 Å². The van der Waals surface area contributed by atoms with Crippen LogP contribution in [0.5, 0.6) is 5.75 Å². The number of benzene rings is 1. The number of hydrogen-bond donors (Lipinski definition) is 2. The van der Waals surface area contributed by atoms with Crippen LogP contribution in [0.15, 0.2) is 30.3 Å². The lowest BCUT2D eigenvalue weighted by molar-refractivity contribution is -0.118. The predicted octanol–water partition coefficient (Wildman–Crippen LogP) is 2.86. The number of rotatable bonds is 4. The van der Waals surface area contributed by atoms with Crippen molar-refractivity contribution in [2.75, 3.05) is 11.9 Å². The molecule has 0 saturated heterocycles. The summed E-state index contributed by atoms with van der Waals surface area (Å²) >= 11 is 0. The Bertz CT molecular complexity index is 632. The van der Waals surface area contributed by atoms with Gasteiger partial charge in [0.05, 0.1) is 0 Å². The molecule has 0 radical (unpaired) electrons. The van der Waals surface area contributed by atoms with Crippen LogP contribution < -0.4 is 10.1 Å². The van der Waals surface area contributed by atoms with Crippen LogP contribution in [-0.4, -0.2) is 22.7 Å². The SMILES string of the molecule is CC(C)(C)c1cc(NC(=O)COc2ccccc2F)n[nH]1. The monoisotopic (exact) mass is 291 g/mol. The highest BCUT2D eigenvalue weighted by atomic mass is 19.1. The van der Waals surface area contributed by atoms with Gasteiger partial charge in [0.15, 0.2) is 24.0 Å². The Morgan fingerprint density at radius 2 is 2.10 bits per heavy atom. The Hall–Kier alpha value is -2.37. The molecule has 1 heterocycles. The molecule has 0 aliphatic rings. The fourth-order valence-electron chi connectivity index (χ4n) is 1.65. The van der Waals surface area contributed by atoms with Gasteiger partial charge < -0.3 is 10.1 Å². The van der Waals surface area contributed by atoms with E-state index >= 15 is 0 Å². The van der Waals surface area contributed by atoms with Gasteiger partial charge in [-0.15, -0.1) is 0 Å². The number of para-hydroxylation sites is 1. The minimum Gasteiger partial charge on any atom is -0.481 e. The predicted molar refractivity (Wildman–Crippen MR) is 77.8 cm³/mol. The van der Waals surface area contributed by atoms with E-state index in [1.807, 2.05) is 20.8 Å². The maximum absolute atomic E-state index is 13.3. The summed E-state index contributed by atoms with van der Waals surface area (Å²) in [6, 6.07) is 7.70. The fraction of sp³-hybridized carbons (Fsp3) is 0.333. The molecule has 0 spiro atoms. The van der Waals surface area contributed by atoms with Crippen molar-refractivity contribution in [1.29, 1.82) is 0 Å². The number of H-pyrrole nitrogens is 1. The molecule has 0 unspecified atom stereocenters. The number of amides is 1. The zero-order valence-electron chi connectivity index (χ0n) is 12.2. The molecular formula is C15H18FN3O2. The fourth-order valence-corrected chi connectivity index (χ4v) is 1.65. The highest BCUT2D eigenvalue weighted by Crippen LogP contribution is 2.22. The number of aromatic nitrogens is 2. The molecule has 2 rings (SSSR count). The second-order valence-electron chi connectivity index (χ2n) is 5.68. The van der Waals surface area contributed by atoms with Gasteiger partial charge in [-0.3, -0.25) is 9.89 Å². The summed E-state index contributed by atoms with van der Waals surface area (Å²) < 4.78 is 18.4. The van der Waals surface area contributed by atoms with Crippen molar-refractivity contribution >= 4 is 11.7 Å². The molecule has 6 heteroatoms. The summed E-state index contributed by atoms with van der Waals surface area (Å²) in [5.41, 5.74) is 0.826. The molecule has 0 saturated carbocycles. The minimum atomic E-state index is -0.500. The number of aromatic amines is 1. The Labute approximate surface area is 122 Å². The average molecular weight is 291 g/mol. The molecule has 0 atom stereocenters. The summed E-state index contributed by atoms with van der Waals surface area (Å²) in [6.07, 6.45) is 0. The standard InChI is InChI=1S/C15H18FN3O2/c1-15(2,3)12-8-13(19-18-12)17-14(20)9-21-11-7-5-4-6-10(11)16/h4-8H,9H2,1-3H3,(H2,17,18,19,20). The number of nitrogens with one attached hydrogen (secondary N) is 2. The van der Waals surface area contributed by atoms with Crippen LogP contribution in [-0.2, 0) is 10.2 Å². The number of halogens is 1. The summed E-state index contributed by atoms with van der Waals surface area (Å²) in [7, 11) is 0. The summed E-state index contributed by atoms with van der Waals surface area (Å²) in [5.74, 6) is -0.433. The Morgan fingerprint density at radius 3 is 2.71 bits per heavy atom. The molecule has 0 aliphatic carbocycles. The second kappa shape index (κ2) is 5.95. The number of ether oxygens (including phenoxy) is 1. The van der Waals surface area contributed by atoms with E-state index in [0.29, 0.717) is 5.82 Å². The maximum Gasteiger partial charge on any atom is 0.263 e.